The summed E-state index contributed by atoms with van der Waals surface area (Å²) in [5.41, 5.74) is 1.62. The molecule has 1 saturated carbocycles. The van der Waals surface area contributed by atoms with Crippen LogP contribution in [0.15, 0.2) is 6.07 Å². The second-order valence-corrected chi connectivity index (χ2v) is 7.98. The molecule has 1 N–H and O–H groups in total. The number of hydrogen-bond acceptors (Lipinski definition) is 4. The molecule has 3 fully saturated rings. The summed E-state index contributed by atoms with van der Waals surface area (Å²) < 4.78 is 0. The maximum Gasteiger partial charge on any atom is 0.274 e. The van der Waals surface area contributed by atoms with Gasteiger partial charge in [0, 0.05) is 50.4 Å². The number of nitrogens with one attached hydrogen (secondary N) is 1. The number of piperazine rings is 1. The lowest BCUT2D eigenvalue weighted by Crippen LogP contribution is -2.53. The average Bonchev–Trinajstić information content (AvgIpc) is 3.39. The van der Waals surface area contributed by atoms with Crippen LogP contribution >= 0.6 is 0 Å². The highest BCUT2D eigenvalue weighted by atomic mass is 16.2. The van der Waals surface area contributed by atoms with Crippen molar-refractivity contribution in [3.63, 3.8) is 0 Å². The van der Waals surface area contributed by atoms with Gasteiger partial charge in [-0.05, 0) is 45.1 Å². The van der Waals surface area contributed by atoms with Crippen LogP contribution in [0.1, 0.15) is 61.1 Å². The van der Waals surface area contributed by atoms with Gasteiger partial charge >= 0.3 is 0 Å². The Hall–Kier alpha value is -1.89. The second kappa shape index (κ2) is 7.39. The van der Waals surface area contributed by atoms with Crippen LogP contribution < -0.4 is 0 Å². The van der Waals surface area contributed by atoms with Crippen molar-refractivity contribution in [3.8, 4) is 0 Å². The van der Waals surface area contributed by atoms with Gasteiger partial charge in [0.1, 0.15) is 5.69 Å². The van der Waals surface area contributed by atoms with Crippen LogP contribution in [0.4, 0.5) is 0 Å². The first kappa shape index (κ1) is 17.5. The second-order valence-electron chi connectivity index (χ2n) is 7.98. The van der Waals surface area contributed by atoms with Crippen LogP contribution in [0, 0.1) is 0 Å². The van der Waals surface area contributed by atoms with Crippen molar-refractivity contribution in [1.29, 1.82) is 0 Å². The van der Waals surface area contributed by atoms with Crippen LogP contribution in [0.25, 0.3) is 0 Å². The molecule has 7 heteroatoms. The first-order chi connectivity index (χ1) is 12.6. The Balaban J connectivity index is 1.26. The molecule has 26 heavy (non-hydrogen) atoms. The van der Waals surface area contributed by atoms with E-state index in [2.05, 4.69) is 22.0 Å². The van der Waals surface area contributed by atoms with Crippen LogP contribution in [-0.4, -0.2) is 82.0 Å². The van der Waals surface area contributed by atoms with Gasteiger partial charge in [-0.25, -0.2) is 0 Å². The number of aromatic amines is 1. The normalized spacial score (nSPS) is 24.7. The van der Waals surface area contributed by atoms with Crippen molar-refractivity contribution >= 4 is 11.8 Å². The monoisotopic (exact) mass is 359 g/mol. The summed E-state index contributed by atoms with van der Waals surface area (Å²) in [5, 5.41) is 7.20. The minimum atomic E-state index is 0.00350. The fourth-order valence-electron chi connectivity index (χ4n) is 4.07. The van der Waals surface area contributed by atoms with Crippen LogP contribution in [0.5, 0.6) is 0 Å². The van der Waals surface area contributed by atoms with Crippen molar-refractivity contribution in [3.05, 3.63) is 17.5 Å². The number of H-pyrrole nitrogens is 1. The quantitative estimate of drug-likeness (QED) is 0.883. The molecule has 3 heterocycles. The predicted octanol–water partition coefficient (Wildman–Crippen LogP) is 1.45. The highest BCUT2D eigenvalue weighted by Crippen LogP contribution is 2.39. The topological polar surface area (TPSA) is 72.5 Å². The lowest BCUT2D eigenvalue weighted by atomic mass is 10.0. The van der Waals surface area contributed by atoms with Crippen molar-refractivity contribution in [1.82, 2.24) is 24.9 Å². The Labute approximate surface area is 154 Å². The van der Waals surface area contributed by atoms with Gasteiger partial charge in [0.25, 0.3) is 5.91 Å². The van der Waals surface area contributed by atoms with Gasteiger partial charge in [-0.15, -0.1) is 0 Å². The maximum absolute atomic E-state index is 12.6. The van der Waals surface area contributed by atoms with E-state index in [1.165, 1.54) is 19.3 Å². The summed E-state index contributed by atoms with van der Waals surface area (Å²) in [6.07, 6.45) is 5.84. The van der Waals surface area contributed by atoms with E-state index in [0.717, 1.165) is 38.2 Å². The largest absolute Gasteiger partial charge is 0.339 e. The molecule has 3 aliphatic rings. The average molecular weight is 359 g/mol. The zero-order chi connectivity index (χ0) is 18.1. The molecular weight excluding hydrogens is 330 g/mol. The summed E-state index contributed by atoms with van der Waals surface area (Å²) in [4.78, 5) is 31.3. The molecule has 2 saturated heterocycles. The first-order valence-electron chi connectivity index (χ1n) is 9.98. The number of carbonyl (C=O) groups is 2. The van der Waals surface area contributed by atoms with E-state index in [9.17, 15) is 9.59 Å². The molecular formula is C19H29N5O2. The smallest absolute Gasteiger partial charge is 0.274 e. The van der Waals surface area contributed by atoms with Crippen LogP contribution in [0.3, 0.4) is 0 Å². The standard InChI is InChI=1S/C19H29N5O2/c1-14-4-2-3-7-24(14)18(25)13-22-8-10-23(11-9-22)19(26)17-12-16(20-21-17)15-5-6-15/h12,14-15H,2-11,13H2,1H3,(H,20,21)/t14-/m0/s1. The number of piperidine rings is 1. The molecule has 142 valence electrons. The fourth-order valence-corrected chi connectivity index (χ4v) is 4.07. The van der Waals surface area contributed by atoms with Crippen molar-refractivity contribution < 1.29 is 9.59 Å². The van der Waals surface area contributed by atoms with E-state index in [0.29, 0.717) is 37.3 Å². The molecule has 2 amide bonds. The summed E-state index contributed by atoms with van der Waals surface area (Å²) in [6, 6.07) is 2.27. The molecule has 0 bridgehead atoms. The summed E-state index contributed by atoms with van der Waals surface area (Å²) in [7, 11) is 0. The van der Waals surface area contributed by atoms with E-state index in [4.69, 9.17) is 0 Å². The lowest BCUT2D eigenvalue weighted by Gasteiger charge is -2.37. The molecule has 0 unspecified atom stereocenters. The summed E-state index contributed by atoms with van der Waals surface area (Å²) in [5.74, 6) is 0.811. The number of likely N-dealkylation sites (tertiary alicyclic amines) is 1. The third-order valence-corrected chi connectivity index (χ3v) is 5.98. The number of rotatable bonds is 4. The number of nitrogens with zero attached hydrogens (tertiary/aromatic N) is 4. The molecule has 0 spiro atoms. The highest BCUT2D eigenvalue weighted by molar-refractivity contribution is 5.92. The Bertz CT molecular complexity index is 661. The van der Waals surface area contributed by atoms with Gasteiger partial charge in [-0.1, -0.05) is 0 Å². The molecule has 1 aliphatic carbocycles. The maximum atomic E-state index is 12.6. The van der Waals surface area contributed by atoms with Gasteiger partial charge in [0.15, 0.2) is 0 Å². The Morgan fingerprint density at radius 2 is 1.88 bits per heavy atom. The number of aromatic nitrogens is 2. The third kappa shape index (κ3) is 3.77. The van der Waals surface area contributed by atoms with Gasteiger partial charge in [-0.3, -0.25) is 19.6 Å². The van der Waals surface area contributed by atoms with Crippen molar-refractivity contribution in [2.24, 2.45) is 0 Å². The van der Waals surface area contributed by atoms with Crippen LogP contribution in [0.2, 0.25) is 0 Å². The Morgan fingerprint density at radius 1 is 1.12 bits per heavy atom. The lowest BCUT2D eigenvalue weighted by molar-refractivity contribution is -0.136. The molecule has 4 rings (SSSR count). The zero-order valence-corrected chi connectivity index (χ0v) is 15.6. The summed E-state index contributed by atoms with van der Waals surface area (Å²) >= 11 is 0. The number of carbonyl (C=O) groups excluding carboxylic acids is 2. The van der Waals surface area contributed by atoms with Crippen molar-refractivity contribution in [2.75, 3.05) is 39.3 Å². The summed E-state index contributed by atoms with van der Waals surface area (Å²) in [6.45, 7) is 6.33. The molecule has 1 atom stereocenters. The highest BCUT2D eigenvalue weighted by Gasteiger charge is 2.30. The minimum absolute atomic E-state index is 0.00350. The van der Waals surface area contributed by atoms with Gasteiger partial charge < -0.3 is 9.80 Å². The minimum Gasteiger partial charge on any atom is -0.339 e. The molecule has 1 aromatic heterocycles. The van der Waals surface area contributed by atoms with E-state index in [1.807, 2.05) is 15.9 Å². The SMILES string of the molecule is C[C@H]1CCCCN1C(=O)CN1CCN(C(=O)c2cc(C3CC3)[nH]n2)CC1. The fraction of sp³-hybridized carbons (Fsp3) is 0.737. The van der Waals surface area contributed by atoms with Gasteiger partial charge in [0.2, 0.25) is 5.91 Å². The Kier molecular flexibility index (Phi) is 4.98. The Morgan fingerprint density at radius 3 is 2.58 bits per heavy atom. The molecule has 0 radical (unpaired) electrons. The molecule has 1 aromatic rings. The van der Waals surface area contributed by atoms with E-state index < -0.39 is 0 Å². The zero-order valence-electron chi connectivity index (χ0n) is 15.6. The molecule has 7 nitrogen and oxygen atoms in total. The van der Waals surface area contributed by atoms with Gasteiger partial charge in [0.05, 0.1) is 6.54 Å². The first-order valence-corrected chi connectivity index (χ1v) is 9.98. The predicted molar refractivity (Wildman–Crippen MR) is 97.9 cm³/mol. The van der Waals surface area contributed by atoms with Crippen molar-refractivity contribution in [2.45, 2.75) is 51.0 Å². The van der Waals surface area contributed by atoms with Gasteiger partial charge in [-0.2, -0.15) is 5.10 Å². The molecule has 2 aliphatic heterocycles. The third-order valence-electron chi connectivity index (χ3n) is 5.98. The van der Waals surface area contributed by atoms with E-state index in [1.54, 1.807) is 0 Å². The number of hydrogen-bond donors (Lipinski definition) is 1. The van der Waals surface area contributed by atoms with E-state index in [-0.39, 0.29) is 11.8 Å². The van der Waals surface area contributed by atoms with E-state index >= 15 is 0 Å². The number of amides is 2. The molecule has 0 aromatic carbocycles. The van der Waals surface area contributed by atoms with Crippen LogP contribution in [-0.2, 0) is 4.79 Å².